The van der Waals surface area contributed by atoms with Crippen LogP contribution in [0, 0.1) is 9.81 Å². The van der Waals surface area contributed by atoms with Gasteiger partial charge in [-0.2, -0.15) is 9.81 Å². The Kier molecular flexibility index (Phi) is 10.9. The molecule has 0 radical (unpaired) electrons. The van der Waals surface area contributed by atoms with Gasteiger partial charge in [0.1, 0.15) is 12.1 Å². The Balaban J connectivity index is 1.51. The number of hydrogen-bond acceptors (Lipinski definition) is 8. The Morgan fingerprint density at radius 3 is 2.00 bits per heavy atom. The third-order valence-corrected chi connectivity index (χ3v) is 6.41. The van der Waals surface area contributed by atoms with Crippen LogP contribution in [0.2, 0.25) is 0 Å². The highest BCUT2D eigenvalue weighted by molar-refractivity contribution is 5.55. The first-order valence-corrected chi connectivity index (χ1v) is 12.6. The molecule has 3 rings (SSSR count). The monoisotopic (exact) mass is 501 g/mol. The number of nitrogens with one attached hydrogen (secondary N) is 2. The Hall–Kier alpha value is -3.98. The summed E-state index contributed by atoms with van der Waals surface area (Å²) in [7, 11) is 0. The van der Waals surface area contributed by atoms with Crippen LogP contribution in [-0.4, -0.2) is 19.6 Å². The standard InChI is InChI=1S/C28H35N7O2/c1-3-21-16-24(17-22(4-2)28(21)32-35-29)26(33-36)18-30-15-14-20-10-12-25(13-11-20)31-19-27(34-37)23-8-6-5-7-9-23/h5-13,16-17,26-27,30-31H,3-4,14-15,18-19H2,1-2H3,(H2,29,32). The molecule has 37 heavy (non-hydrogen) atoms. The van der Waals surface area contributed by atoms with E-state index in [1.165, 1.54) is 5.56 Å². The van der Waals surface area contributed by atoms with Gasteiger partial charge < -0.3 is 16.5 Å². The molecule has 0 spiro atoms. The number of rotatable bonds is 15. The second-order valence-electron chi connectivity index (χ2n) is 8.80. The maximum Gasteiger partial charge on any atom is 0.134 e. The molecule has 194 valence electrons. The van der Waals surface area contributed by atoms with E-state index in [2.05, 4.69) is 43.5 Å². The van der Waals surface area contributed by atoms with E-state index in [4.69, 9.17) is 5.84 Å². The van der Waals surface area contributed by atoms with Crippen molar-refractivity contribution in [2.75, 3.05) is 25.0 Å². The van der Waals surface area contributed by atoms with E-state index in [1.54, 1.807) is 0 Å². The zero-order valence-electron chi connectivity index (χ0n) is 21.4. The molecular formula is C28H35N7O2. The minimum absolute atomic E-state index is 0.435. The summed E-state index contributed by atoms with van der Waals surface area (Å²) >= 11 is 0. The second-order valence-corrected chi connectivity index (χ2v) is 8.80. The Morgan fingerprint density at radius 2 is 1.43 bits per heavy atom. The summed E-state index contributed by atoms with van der Waals surface area (Å²) in [4.78, 5) is 22.9. The summed E-state index contributed by atoms with van der Waals surface area (Å²) in [5, 5.41) is 20.8. The van der Waals surface area contributed by atoms with Crippen molar-refractivity contribution >= 4 is 11.4 Å². The van der Waals surface area contributed by atoms with Crippen LogP contribution in [0.15, 0.2) is 87.4 Å². The van der Waals surface area contributed by atoms with E-state index in [-0.39, 0.29) is 0 Å². The van der Waals surface area contributed by atoms with Gasteiger partial charge in [-0.1, -0.05) is 84.0 Å². The molecule has 0 amide bonds. The van der Waals surface area contributed by atoms with Gasteiger partial charge in [-0.05, 0) is 65.8 Å². The van der Waals surface area contributed by atoms with E-state index < -0.39 is 12.1 Å². The molecule has 3 aromatic carbocycles. The van der Waals surface area contributed by atoms with Crippen LogP contribution >= 0.6 is 0 Å². The summed E-state index contributed by atoms with van der Waals surface area (Å²) in [6.45, 7) is 5.68. The minimum atomic E-state index is -0.491. The SMILES string of the molecule is CCc1cc(C(CNCCc2ccc(NCC(N=O)c3ccccc3)cc2)N=O)cc(CC)c1N=NN. The number of nitrogens with two attached hydrogens (primary N) is 1. The first-order chi connectivity index (χ1) is 18.1. The average molecular weight is 502 g/mol. The van der Waals surface area contributed by atoms with Crippen molar-refractivity contribution in [3.05, 3.63) is 104 Å². The zero-order chi connectivity index (χ0) is 26.5. The molecular weight excluding hydrogens is 466 g/mol. The topological polar surface area (TPSA) is 134 Å². The van der Waals surface area contributed by atoms with Gasteiger partial charge in [0, 0.05) is 18.8 Å². The lowest BCUT2D eigenvalue weighted by atomic mass is 9.96. The van der Waals surface area contributed by atoms with E-state index >= 15 is 0 Å². The van der Waals surface area contributed by atoms with E-state index in [1.807, 2.05) is 68.4 Å². The highest BCUT2D eigenvalue weighted by Crippen LogP contribution is 2.31. The molecule has 3 aromatic rings. The minimum Gasteiger partial charge on any atom is -0.382 e. The van der Waals surface area contributed by atoms with Crippen molar-refractivity contribution in [1.29, 1.82) is 0 Å². The lowest BCUT2D eigenvalue weighted by molar-refractivity contribution is 0.597. The first-order valence-electron chi connectivity index (χ1n) is 12.6. The van der Waals surface area contributed by atoms with Crippen molar-refractivity contribution in [2.45, 2.75) is 45.2 Å². The number of nitroso groups, excluding NO2 is 2. The average Bonchev–Trinajstić information content (AvgIpc) is 2.95. The fraction of sp³-hybridized carbons (Fsp3) is 0.357. The molecule has 0 aliphatic carbocycles. The molecule has 0 fully saturated rings. The summed E-state index contributed by atoms with van der Waals surface area (Å²) in [6, 6.07) is 20.7. The molecule has 0 saturated carbocycles. The first kappa shape index (κ1) is 27.6. The molecule has 9 nitrogen and oxygen atoms in total. The molecule has 2 unspecified atom stereocenters. The smallest absolute Gasteiger partial charge is 0.134 e. The van der Waals surface area contributed by atoms with Gasteiger partial charge in [-0.15, -0.1) is 5.11 Å². The van der Waals surface area contributed by atoms with Gasteiger partial charge in [-0.3, -0.25) is 0 Å². The molecule has 4 N–H and O–H groups in total. The van der Waals surface area contributed by atoms with E-state index in [0.717, 1.165) is 52.9 Å². The van der Waals surface area contributed by atoms with Crippen molar-refractivity contribution in [1.82, 2.24) is 5.32 Å². The molecule has 0 aliphatic rings. The van der Waals surface area contributed by atoms with Crippen molar-refractivity contribution in [3.8, 4) is 0 Å². The molecule has 0 bridgehead atoms. The highest BCUT2D eigenvalue weighted by Gasteiger charge is 2.17. The zero-order valence-corrected chi connectivity index (χ0v) is 21.4. The second kappa shape index (κ2) is 14.5. The fourth-order valence-electron chi connectivity index (χ4n) is 4.29. The predicted octanol–water partition coefficient (Wildman–Crippen LogP) is 6.33. The maximum absolute atomic E-state index is 11.7. The van der Waals surface area contributed by atoms with Crippen LogP contribution in [0.3, 0.4) is 0 Å². The Morgan fingerprint density at radius 1 is 0.811 bits per heavy atom. The van der Waals surface area contributed by atoms with Crippen molar-refractivity contribution in [2.24, 2.45) is 26.5 Å². The van der Waals surface area contributed by atoms with Gasteiger partial charge in [0.2, 0.25) is 0 Å². The molecule has 0 aromatic heterocycles. The van der Waals surface area contributed by atoms with Crippen LogP contribution in [0.4, 0.5) is 11.4 Å². The summed E-state index contributed by atoms with van der Waals surface area (Å²) in [5.41, 5.74) is 6.66. The quantitative estimate of drug-likeness (QED) is 0.0735. The lowest BCUT2D eigenvalue weighted by Crippen LogP contribution is -2.23. The lowest BCUT2D eigenvalue weighted by Gasteiger charge is -2.16. The van der Waals surface area contributed by atoms with Gasteiger partial charge in [0.05, 0.1) is 5.69 Å². The largest absolute Gasteiger partial charge is 0.382 e. The van der Waals surface area contributed by atoms with E-state index in [9.17, 15) is 9.81 Å². The highest BCUT2D eigenvalue weighted by atomic mass is 16.3. The molecule has 0 heterocycles. The van der Waals surface area contributed by atoms with E-state index in [0.29, 0.717) is 19.6 Å². The van der Waals surface area contributed by atoms with Gasteiger partial charge in [-0.25, -0.2) is 0 Å². The third kappa shape index (κ3) is 7.75. The summed E-state index contributed by atoms with van der Waals surface area (Å²) < 4.78 is 0. The van der Waals surface area contributed by atoms with Crippen LogP contribution < -0.4 is 16.5 Å². The van der Waals surface area contributed by atoms with Gasteiger partial charge >= 0.3 is 0 Å². The van der Waals surface area contributed by atoms with Crippen LogP contribution in [0.1, 0.15) is 53.7 Å². The summed E-state index contributed by atoms with van der Waals surface area (Å²) in [5.74, 6) is 5.28. The van der Waals surface area contributed by atoms with Crippen molar-refractivity contribution < 1.29 is 0 Å². The molecule has 0 aliphatic heterocycles. The number of anilines is 1. The number of benzene rings is 3. The molecule has 0 saturated heterocycles. The fourth-order valence-corrected chi connectivity index (χ4v) is 4.29. The van der Waals surface area contributed by atoms with Gasteiger partial charge in [0.15, 0.2) is 0 Å². The Labute approximate surface area is 217 Å². The Bertz CT molecular complexity index is 1140. The summed E-state index contributed by atoms with van der Waals surface area (Å²) in [6.07, 6.45) is 2.33. The number of hydrogen-bond donors (Lipinski definition) is 3. The van der Waals surface area contributed by atoms with Gasteiger partial charge in [0.25, 0.3) is 0 Å². The molecule has 9 heteroatoms. The number of nitrogens with zero attached hydrogens (tertiary/aromatic N) is 4. The number of aryl methyl sites for hydroxylation is 2. The van der Waals surface area contributed by atoms with Crippen molar-refractivity contribution in [3.63, 3.8) is 0 Å². The van der Waals surface area contributed by atoms with Crippen LogP contribution in [-0.2, 0) is 19.3 Å². The third-order valence-electron chi connectivity index (χ3n) is 6.41. The van der Waals surface area contributed by atoms with Crippen LogP contribution in [0.25, 0.3) is 0 Å². The maximum atomic E-state index is 11.7. The van der Waals surface area contributed by atoms with Crippen LogP contribution in [0.5, 0.6) is 0 Å². The molecule has 2 atom stereocenters. The normalized spacial score (nSPS) is 12.8. The predicted molar refractivity (Wildman–Crippen MR) is 149 cm³/mol.